The number of nitrogens with one attached hydrogen (secondary N) is 1. The van der Waals surface area contributed by atoms with E-state index in [4.69, 9.17) is 9.47 Å². The van der Waals surface area contributed by atoms with Crippen LogP contribution in [0.25, 0.3) is 0 Å². The maximum absolute atomic E-state index is 11.8. The van der Waals surface area contributed by atoms with Crippen LogP contribution in [0.4, 0.5) is 0 Å². The second kappa shape index (κ2) is 8.51. The number of nitrogens with zero attached hydrogens (tertiary/aromatic N) is 1. The lowest BCUT2D eigenvalue weighted by Crippen LogP contribution is -2.49. The quantitative estimate of drug-likeness (QED) is 0.703. The van der Waals surface area contributed by atoms with Crippen LogP contribution in [0.3, 0.4) is 0 Å². The average Bonchev–Trinajstić information content (AvgIpc) is 2.26. The van der Waals surface area contributed by atoms with Gasteiger partial charge in [-0.2, -0.15) is 0 Å². The van der Waals surface area contributed by atoms with Gasteiger partial charge in [-0.1, -0.05) is 0 Å². The molecular formula is C14H28N2O3. The maximum Gasteiger partial charge on any atom is 0.234 e. The van der Waals surface area contributed by atoms with E-state index in [2.05, 4.69) is 10.2 Å². The molecule has 1 fully saturated rings. The van der Waals surface area contributed by atoms with E-state index < -0.39 is 0 Å². The van der Waals surface area contributed by atoms with E-state index in [0.29, 0.717) is 19.7 Å². The van der Waals surface area contributed by atoms with E-state index in [9.17, 15) is 4.79 Å². The Bertz CT molecular complexity index is 261. The fraction of sp³-hybridized carbons (Fsp3) is 0.929. The summed E-state index contributed by atoms with van der Waals surface area (Å²) in [5.74, 6) is 0.0887. The summed E-state index contributed by atoms with van der Waals surface area (Å²) < 4.78 is 11.1. The van der Waals surface area contributed by atoms with Crippen LogP contribution in [-0.2, 0) is 14.3 Å². The average molecular weight is 272 g/mol. The van der Waals surface area contributed by atoms with Crippen molar-refractivity contribution in [3.05, 3.63) is 0 Å². The summed E-state index contributed by atoms with van der Waals surface area (Å²) in [6.45, 7) is 11.6. The third kappa shape index (κ3) is 7.50. The second-order valence-electron chi connectivity index (χ2n) is 5.57. The summed E-state index contributed by atoms with van der Waals surface area (Å²) in [7, 11) is 0. The van der Waals surface area contributed by atoms with Crippen LogP contribution in [0.2, 0.25) is 0 Å². The van der Waals surface area contributed by atoms with E-state index in [1.165, 1.54) is 0 Å². The molecule has 1 saturated heterocycles. The zero-order chi connectivity index (χ0) is 14.3. The fourth-order valence-electron chi connectivity index (χ4n) is 2.29. The zero-order valence-electron chi connectivity index (χ0n) is 12.6. The molecule has 1 N–H and O–H groups in total. The Labute approximate surface area is 116 Å². The summed E-state index contributed by atoms with van der Waals surface area (Å²) in [5.41, 5.74) is 0. The van der Waals surface area contributed by atoms with Gasteiger partial charge in [0.1, 0.15) is 0 Å². The Morgan fingerprint density at radius 3 is 2.58 bits per heavy atom. The van der Waals surface area contributed by atoms with Gasteiger partial charge in [-0.3, -0.25) is 9.69 Å². The van der Waals surface area contributed by atoms with Crippen LogP contribution < -0.4 is 5.32 Å². The molecule has 0 aliphatic carbocycles. The van der Waals surface area contributed by atoms with Gasteiger partial charge >= 0.3 is 0 Å². The fourth-order valence-corrected chi connectivity index (χ4v) is 2.29. The Balaban J connectivity index is 2.10. The summed E-state index contributed by atoms with van der Waals surface area (Å²) >= 11 is 0. The molecule has 19 heavy (non-hydrogen) atoms. The van der Waals surface area contributed by atoms with Crippen LogP contribution in [0, 0.1) is 0 Å². The van der Waals surface area contributed by atoms with Crippen molar-refractivity contribution in [3.63, 3.8) is 0 Å². The van der Waals surface area contributed by atoms with Crippen molar-refractivity contribution in [1.29, 1.82) is 0 Å². The maximum atomic E-state index is 11.8. The molecule has 1 amide bonds. The molecular weight excluding hydrogens is 244 g/mol. The molecule has 2 atom stereocenters. The lowest BCUT2D eigenvalue weighted by atomic mass is 10.2. The third-order valence-electron chi connectivity index (χ3n) is 2.96. The number of carbonyl (C=O) groups is 1. The van der Waals surface area contributed by atoms with E-state index in [0.717, 1.165) is 19.5 Å². The smallest absolute Gasteiger partial charge is 0.234 e. The molecule has 0 spiro atoms. The number of hydrogen-bond donors (Lipinski definition) is 1. The molecule has 112 valence electrons. The van der Waals surface area contributed by atoms with Gasteiger partial charge in [-0.15, -0.1) is 0 Å². The first-order chi connectivity index (χ1) is 8.97. The van der Waals surface area contributed by atoms with Crippen LogP contribution in [0.15, 0.2) is 0 Å². The van der Waals surface area contributed by atoms with Crippen LogP contribution in [-0.4, -0.2) is 61.9 Å². The van der Waals surface area contributed by atoms with Crippen LogP contribution >= 0.6 is 0 Å². The Hall–Kier alpha value is -0.650. The molecule has 0 aromatic rings. The minimum atomic E-state index is 0.0887. The lowest BCUT2D eigenvalue weighted by molar-refractivity contribution is -0.126. The van der Waals surface area contributed by atoms with E-state index in [1.807, 2.05) is 27.7 Å². The van der Waals surface area contributed by atoms with E-state index >= 15 is 0 Å². The highest BCUT2D eigenvalue weighted by atomic mass is 16.5. The molecule has 0 saturated carbocycles. The molecule has 1 rings (SSSR count). The lowest BCUT2D eigenvalue weighted by Gasteiger charge is -2.34. The van der Waals surface area contributed by atoms with Crippen molar-refractivity contribution in [1.82, 2.24) is 10.2 Å². The van der Waals surface area contributed by atoms with Gasteiger partial charge < -0.3 is 14.8 Å². The van der Waals surface area contributed by atoms with Gasteiger partial charge in [0.05, 0.1) is 24.9 Å². The van der Waals surface area contributed by atoms with E-state index in [1.54, 1.807) is 0 Å². The zero-order valence-corrected chi connectivity index (χ0v) is 12.6. The number of amides is 1. The normalized spacial score (nSPS) is 24.7. The molecule has 5 heteroatoms. The molecule has 1 aliphatic heterocycles. The van der Waals surface area contributed by atoms with Crippen molar-refractivity contribution in [2.45, 2.75) is 52.4 Å². The topological polar surface area (TPSA) is 50.8 Å². The molecule has 1 heterocycles. The summed E-state index contributed by atoms with van der Waals surface area (Å²) in [6, 6.07) is 0. The number of morpholine rings is 1. The number of hydrogen-bond acceptors (Lipinski definition) is 4. The van der Waals surface area contributed by atoms with Gasteiger partial charge in [0, 0.05) is 26.2 Å². The molecule has 0 bridgehead atoms. The Kier molecular flexibility index (Phi) is 7.34. The molecule has 0 aromatic heterocycles. The first-order valence-electron chi connectivity index (χ1n) is 7.23. The number of ether oxygens (including phenoxy) is 2. The first kappa shape index (κ1) is 16.4. The SMILES string of the molecule is CC(C)OCCCNC(=O)CN1CC(C)OC(C)C1. The second-order valence-corrected chi connectivity index (χ2v) is 5.57. The van der Waals surface area contributed by atoms with Gasteiger partial charge in [0.15, 0.2) is 0 Å². The predicted molar refractivity (Wildman–Crippen MR) is 75.2 cm³/mol. The number of rotatable bonds is 7. The minimum Gasteiger partial charge on any atom is -0.379 e. The largest absolute Gasteiger partial charge is 0.379 e. The molecule has 0 aromatic carbocycles. The third-order valence-corrected chi connectivity index (χ3v) is 2.96. The van der Waals surface area contributed by atoms with E-state index in [-0.39, 0.29) is 24.2 Å². The van der Waals surface area contributed by atoms with Crippen LogP contribution in [0.5, 0.6) is 0 Å². The highest BCUT2D eigenvalue weighted by molar-refractivity contribution is 5.77. The van der Waals surface area contributed by atoms with Crippen LogP contribution in [0.1, 0.15) is 34.1 Å². The van der Waals surface area contributed by atoms with Gasteiger partial charge in [-0.25, -0.2) is 0 Å². The Morgan fingerprint density at radius 1 is 1.37 bits per heavy atom. The first-order valence-corrected chi connectivity index (χ1v) is 7.23. The number of carbonyl (C=O) groups excluding carboxylic acids is 1. The van der Waals surface area contributed by atoms with Crippen molar-refractivity contribution in [2.75, 3.05) is 32.8 Å². The van der Waals surface area contributed by atoms with Crippen molar-refractivity contribution >= 4 is 5.91 Å². The van der Waals surface area contributed by atoms with Gasteiger partial charge in [0.2, 0.25) is 5.91 Å². The molecule has 0 radical (unpaired) electrons. The summed E-state index contributed by atoms with van der Waals surface area (Å²) in [5, 5.41) is 2.93. The summed E-state index contributed by atoms with van der Waals surface area (Å²) in [6.07, 6.45) is 1.53. The summed E-state index contributed by atoms with van der Waals surface area (Å²) in [4.78, 5) is 13.9. The standard InChI is InChI=1S/C14H28N2O3/c1-11(2)18-7-5-6-15-14(17)10-16-8-12(3)19-13(4)9-16/h11-13H,5-10H2,1-4H3,(H,15,17). The molecule has 2 unspecified atom stereocenters. The highest BCUT2D eigenvalue weighted by Gasteiger charge is 2.23. The monoisotopic (exact) mass is 272 g/mol. The highest BCUT2D eigenvalue weighted by Crippen LogP contribution is 2.09. The van der Waals surface area contributed by atoms with Gasteiger partial charge in [-0.05, 0) is 34.1 Å². The molecule has 5 nitrogen and oxygen atoms in total. The van der Waals surface area contributed by atoms with Crippen molar-refractivity contribution in [3.8, 4) is 0 Å². The molecule has 1 aliphatic rings. The van der Waals surface area contributed by atoms with Gasteiger partial charge in [0.25, 0.3) is 0 Å². The van der Waals surface area contributed by atoms with Crippen molar-refractivity contribution in [2.24, 2.45) is 0 Å². The van der Waals surface area contributed by atoms with Crippen molar-refractivity contribution < 1.29 is 14.3 Å². The Morgan fingerprint density at radius 2 is 2.00 bits per heavy atom. The minimum absolute atomic E-state index is 0.0887. The predicted octanol–water partition coefficient (Wildman–Crippen LogP) is 1.03.